The lowest BCUT2D eigenvalue weighted by Gasteiger charge is -2.13. The third-order valence-electron chi connectivity index (χ3n) is 3.58. The standard InChI is InChI=1S/C18H20BrN3O5S/c1-2-24-16(23)8-14-11-28-18(21-14)22-20-9-12-7-13(19)3-4-15(12)27-10-17-25-5-6-26-17/h3-4,7,9,11,17H,2,5-6,8,10H2,1H3,(H,21,22). The highest BCUT2D eigenvalue weighted by Crippen LogP contribution is 2.23. The summed E-state index contributed by atoms with van der Waals surface area (Å²) in [6, 6.07) is 5.63. The van der Waals surface area contributed by atoms with Crippen molar-refractivity contribution in [3.05, 3.63) is 39.3 Å². The van der Waals surface area contributed by atoms with Crippen LogP contribution in [-0.4, -0.2) is 49.9 Å². The van der Waals surface area contributed by atoms with Crippen molar-refractivity contribution in [1.29, 1.82) is 0 Å². The summed E-state index contributed by atoms with van der Waals surface area (Å²) in [6.45, 7) is 3.60. The van der Waals surface area contributed by atoms with Crippen LogP contribution in [0.15, 0.2) is 33.2 Å². The number of nitrogens with zero attached hydrogens (tertiary/aromatic N) is 2. The van der Waals surface area contributed by atoms with Gasteiger partial charge in [-0.25, -0.2) is 4.98 Å². The van der Waals surface area contributed by atoms with E-state index in [0.717, 1.165) is 10.0 Å². The molecule has 8 nitrogen and oxygen atoms in total. The Bertz CT molecular complexity index is 823. The van der Waals surface area contributed by atoms with E-state index < -0.39 is 0 Å². The summed E-state index contributed by atoms with van der Waals surface area (Å²) in [5.41, 5.74) is 4.29. The van der Waals surface area contributed by atoms with Crippen LogP contribution >= 0.6 is 27.3 Å². The average Bonchev–Trinajstić information content (AvgIpc) is 3.33. The van der Waals surface area contributed by atoms with Crippen LogP contribution in [0, 0.1) is 0 Å². The van der Waals surface area contributed by atoms with E-state index >= 15 is 0 Å². The Hall–Kier alpha value is -2.01. The van der Waals surface area contributed by atoms with E-state index in [1.807, 2.05) is 18.2 Å². The van der Waals surface area contributed by atoms with Gasteiger partial charge in [0.05, 0.1) is 38.1 Å². The summed E-state index contributed by atoms with van der Waals surface area (Å²) in [7, 11) is 0. The molecular formula is C18H20BrN3O5S. The van der Waals surface area contributed by atoms with Gasteiger partial charge in [-0.1, -0.05) is 15.9 Å². The van der Waals surface area contributed by atoms with Gasteiger partial charge in [0.25, 0.3) is 0 Å². The molecule has 10 heteroatoms. The first-order valence-corrected chi connectivity index (χ1v) is 10.4. The Morgan fingerprint density at radius 3 is 3.07 bits per heavy atom. The Morgan fingerprint density at radius 1 is 1.46 bits per heavy atom. The van der Waals surface area contributed by atoms with Gasteiger partial charge in [-0.05, 0) is 25.1 Å². The van der Waals surface area contributed by atoms with Crippen LogP contribution < -0.4 is 10.2 Å². The number of thiazole rings is 1. The molecule has 0 unspecified atom stereocenters. The molecule has 0 spiro atoms. The molecule has 1 aromatic heterocycles. The molecule has 1 aromatic carbocycles. The maximum atomic E-state index is 11.5. The Kier molecular flexibility index (Phi) is 7.78. The molecule has 1 aliphatic rings. The van der Waals surface area contributed by atoms with Crippen molar-refractivity contribution in [1.82, 2.24) is 4.98 Å². The van der Waals surface area contributed by atoms with Crippen LogP contribution in [0.3, 0.4) is 0 Å². The van der Waals surface area contributed by atoms with E-state index in [4.69, 9.17) is 18.9 Å². The SMILES string of the molecule is CCOC(=O)Cc1csc(NN=Cc2cc(Br)ccc2OCC2OCCO2)n1. The molecule has 0 atom stereocenters. The average molecular weight is 470 g/mol. The number of esters is 1. The first-order chi connectivity index (χ1) is 13.6. The molecule has 28 heavy (non-hydrogen) atoms. The predicted molar refractivity (Wildman–Crippen MR) is 109 cm³/mol. The van der Waals surface area contributed by atoms with E-state index in [2.05, 4.69) is 31.4 Å². The molecule has 150 valence electrons. The lowest BCUT2D eigenvalue weighted by molar-refractivity contribution is -0.142. The molecular weight excluding hydrogens is 450 g/mol. The number of carbonyl (C=O) groups is 1. The van der Waals surface area contributed by atoms with Crippen LogP contribution in [0.2, 0.25) is 0 Å². The largest absolute Gasteiger partial charge is 0.488 e. The third kappa shape index (κ3) is 6.26. The van der Waals surface area contributed by atoms with Crippen molar-refractivity contribution in [2.45, 2.75) is 19.6 Å². The van der Waals surface area contributed by atoms with Gasteiger partial charge in [-0.3, -0.25) is 10.2 Å². The zero-order chi connectivity index (χ0) is 19.8. The van der Waals surface area contributed by atoms with Gasteiger partial charge in [-0.2, -0.15) is 5.10 Å². The highest BCUT2D eigenvalue weighted by atomic mass is 79.9. The molecule has 1 N–H and O–H groups in total. The van der Waals surface area contributed by atoms with Gasteiger partial charge in [0.2, 0.25) is 5.13 Å². The van der Waals surface area contributed by atoms with Crippen LogP contribution in [0.1, 0.15) is 18.2 Å². The summed E-state index contributed by atoms with van der Waals surface area (Å²) >= 11 is 4.81. The van der Waals surface area contributed by atoms with Crippen molar-refractivity contribution >= 4 is 44.6 Å². The van der Waals surface area contributed by atoms with E-state index in [0.29, 0.717) is 43.0 Å². The second-order valence-electron chi connectivity index (χ2n) is 5.66. The van der Waals surface area contributed by atoms with Gasteiger partial charge in [-0.15, -0.1) is 11.3 Å². The quantitative estimate of drug-likeness (QED) is 0.342. The molecule has 0 bridgehead atoms. The minimum Gasteiger partial charge on any atom is -0.488 e. The zero-order valence-electron chi connectivity index (χ0n) is 15.2. The number of rotatable bonds is 9. The van der Waals surface area contributed by atoms with Crippen molar-refractivity contribution < 1.29 is 23.7 Å². The Labute approximate surface area is 175 Å². The molecule has 3 rings (SSSR count). The first kappa shape index (κ1) is 20.7. The van der Waals surface area contributed by atoms with Crippen molar-refractivity contribution in [2.24, 2.45) is 5.10 Å². The van der Waals surface area contributed by atoms with Crippen LogP contribution in [0.5, 0.6) is 5.75 Å². The number of aromatic nitrogens is 1. The van der Waals surface area contributed by atoms with Crippen molar-refractivity contribution in [3.8, 4) is 5.75 Å². The lowest BCUT2D eigenvalue weighted by atomic mass is 10.2. The number of ether oxygens (including phenoxy) is 4. The Morgan fingerprint density at radius 2 is 2.29 bits per heavy atom. The molecule has 2 heterocycles. The van der Waals surface area contributed by atoms with Gasteiger partial charge < -0.3 is 18.9 Å². The first-order valence-electron chi connectivity index (χ1n) is 8.68. The number of benzene rings is 1. The number of halogens is 1. The van der Waals surface area contributed by atoms with Gasteiger partial charge in [0, 0.05) is 15.4 Å². The summed E-state index contributed by atoms with van der Waals surface area (Å²) in [4.78, 5) is 15.8. The monoisotopic (exact) mass is 469 g/mol. The molecule has 0 saturated carbocycles. The number of hydrogen-bond donors (Lipinski definition) is 1. The molecule has 2 aromatic rings. The second kappa shape index (κ2) is 10.5. The van der Waals surface area contributed by atoms with Crippen molar-refractivity contribution in [2.75, 3.05) is 31.9 Å². The summed E-state index contributed by atoms with van der Waals surface area (Å²) in [5.74, 6) is 0.365. The van der Waals surface area contributed by atoms with E-state index in [-0.39, 0.29) is 18.7 Å². The maximum Gasteiger partial charge on any atom is 0.311 e. The van der Waals surface area contributed by atoms with Gasteiger partial charge in [0.1, 0.15) is 12.4 Å². The molecule has 0 amide bonds. The van der Waals surface area contributed by atoms with Crippen LogP contribution in [-0.2, 0) is 25.4 Å². The summed E-state index contributed by atoms with van der Waals surface area (Å²) in [5, 5.41) is 6.60. The number of hydrazone groups is 1. The fourth-order valence-corrected chi connectivity index (χ4v) is 3.41. The molecule has 0 radical (unpaired) electrons. The number of carbonyl (C=O) groups excluding carboxylic acids is 1. The fourth-order valence-electron chi connectivity index (χ4n) is 2.37. The lowest BCUT2D eigenvalue weighted by Crippen LogP contribution is -2.18. The van der Waals surface area contributed by atoms with Gasteiger partial charge >= 0.3 is 5.97 Å². The molecule has 1 saturated heterocycles. The highest BCUT2D eigenvalue weighted by molar-refractivity contribution is 9.10. The number of anilines is 1. The summed E-state index contributed by atoms with van der Waals surface area (Å²) < 4.78 is 22.4. The van der Waals surface area contributed by atoms with Crippen molar-refractivity contribution in [3.63, 3.8) is 0 Å². The van der Waals surface area contributed by atoms with E-state index in [1.165, 1.54) is 11.3 Å². The minimum absolute atomic E-state index is 0.144. The fraction of sp³-hybridized carbons (Fsp3) is 0.389. The normalized spacial score (nSPS) is 14.5. The molecule has 1 aliphatic heterocycles. The number of hydrogen-bond acceptors (Lipinski definition) is 9. The predicted octanol–water partition coefficient (Wildman–Crippen LogP) is 3.21. The van der Waals surface area contributed by atoms with Gasteiger partial charge in [0.15, 0.2) is 6.29 Å². The Balaban J connectivity index is 1.58. The summed E-state index contributed by atoms with van der Waals surface area (Å²) in [6.07, 6.45) is 1.44. The van der Waals surface area contributed by atoms with Crippen LogP contribution in [0.25, 0.3) is 0 Å². The second-order valence-corrected chi connectivity index (χ2v) is 7.43. The highest BCUT2D eigenvalue weighted by Gasteiger charge is 2.17. The number of nitrogens with one attached hydrogen (secondary N) is 1. The van der Waals surface area contributed by atoms with E-state index in [1.54, 1.807) is 18.5 Å². The minimum atomic E-state index is -0.348. The topological polar surface area (TPSA) is 91.3 Å². The zero-order valence-corrected chi connectivity index (χ0v) is 17.6. The van der Waals surface area contributed by atoms with E-state index in [9.17, 15) is 4.79 Å². The molecule has 0 aliphatic carbocycles. The smallest absolute Gasteiger partial charge is 0.311 e. The molecule has 1 fully saturated rings. The maximum absolute atomic E-state index is 11.5. The van der Waals surface area contributed by atoms with Crippen LogP contribution in [0.4, 0.5) is 5.13 Å². The third-order valence-corrected chi connectivity index (χ3v) is 4.87.